The Bertz CT molecular complexity index is 625. The van der Waals surface area contributed by atoms with E-state index >= 15 is 0 Å². The van der Waals surface area contributed by atoms with Crippen molar-refractivity contribution < 1.29 is 4.79 Å². The smallest absolute Gasteiger partial charge is 0.325 e. The minimum atomic E-state index is -0.764. The van der Waals surface area contributed by atoms with E-state index in [1.807, 2.05) is 4.98 Å². The first-order valence-electron chi connectivity index (χ1n) is 4.49. The summed E-state index contributed by atoms with van der Waals surface area (Å²) in [6.45, 7) is 0.0217. The molecule has 0 atom stereocenters. The van der Waals surface area contributed by atoms with Crippen molar-refractivity contribution in [2.45, 2.75) is 6.54 Å². The van der Waals surface area contributed by atoms with E-state index in [-0.39, 0.29) is 17.9 Å². The third-order valence-corrected chi connectivity index (χ3v) is 1.86. The molecule has 2 aromatic rings. The van der Waals surface area contributed by atoms with Crippen LogP contribution in [0.3, 0.4) is 0 Å². The number of nitrogens with one attached hydrogen (secondary N) is 4. The second kappa shape index (κ2) is 4.38. The summed E-state index contributed by atoms with van der Waals surface area (Å²) in [5.41, 5.74) is -1.64. The molecule has 10 nitrogen and oxygen atoms in total. The SMILES string of the molecule is O=C(NCc1nn[nH]n1)c1c[nH]c(=O)[nH]c1=O. The number of aromatic nitrogens is 6. The predicted octanol–water partition coefficient (Wildman–Crippen LogP) is -2.49. The van der Waals surface area contributed by atoms with Crippen molar-refractivity contribution in [1.82, 2.24) is 35.9 Å². The number of tetrazole rings is 1. The second-order valence-corrected chi connectivity index (χ2v) is 3.00. The van der Waals surface area contributed by atoms with Crippen LogP contribution in [0.1, 0.15) is 16.2 Å². The summed E-state index contributed by atoms with van der Waals surface area (Å²) >= 11 is 0. The lowest BCUT2D eigenvalue weighted by Gasteiger charge is -2.00. The van der Waals surface area contributed by atoms with Gasteiger partial charge in [0.2, 0.25) is 0 Å². The number of carbonyl (C=O) groups is 1. The number of hydrogen-bond donors (Lipinski definition) is 4. The summed E-state index contributed by atoms with van der Waals surface area (Å²) in [7, 11) is 0. The molecule has 0 aliphatic carbocycles. The van der Waals surface area contributed by atoms with Crippen LogP contribution in [0, 0.1) is 0 Å². The van der Waals surface area contributed by atoms with Crippen LogP contribution in [0.25, 0.3) is 0 Å². The van der Waals surface area contributed by atoms with Crippen LogP contribution in [0.4, 0.5) is 0 Å². The van der Waals surface area contributed by atoms with Gasteiger partial charge < -0.3 is 10.3 Å². The Balaban J connectivity index is 2.10. The van der Waals surface area contributed by atoms with Crippen molar-refractivity contribution in [3.63, 3.8) is 0 Å². The molecule has 2 aromatic heterocycles. The van der Waals surface area contributed by atoms with Crippen molar-refractivity contribution in [2.24, 2.45) is 0 Å². The van der Waals surface area contributed by atoms with Gasteiger partial charge in [0.05, 0.1) is 6.54 Å². The number of nitrogens with zero attached hydrogens (tertiary/aromatic N) is 3. The minimum Gasteiger partial charge on any atom is -0.344 e. The molecule has 4 N–H and O–H groups in total. The largest absolute Gasteiger partial charge is 0.344 e. The van der Waals surface area contributed by atoms with Crippen LogP contribution in [0.2, 0.25) is 0 Å². The lowest BCUT2D eigenvalue weighted by atomic mass is 10.3. The molecule has 0 radical (unpaired) electrons. The third-order valence-electron chi connectivity index (χ3n) is 1.86. The molecule has 0 saturated carbocycles. The number of hydrogen-bond acceptors (Lipinski definition) is 6. The highest BCUT2D eigenvalue weighted by Gasteiger charge is 2.11. The molecular weight excluding hydrogens is 230 g/mol. The standard InChI is InChI=1S/C7H7N7O3/c15-5(8-2-4-11-13-14-12-4)3-1-9-7(17)10-6(3)16/h1H,2H2,(H,8,15)(H2,9,10,16,17)(H,11,12,13,14). The van der Waals surface area contributed by atoms with Gasteiger partial charge in [-0.1, -0.05) is 5.21 Å². The summed E-state index contributed by atoms with van der Waals surface area (Å²) in [5.74, 6) is -0.369. The Labute approximate surface area is 92.5 Å². The van der Waals surface area contributed by atoms with E-state index in [1.54, 1.807) is 0 Å². The van der Waals surface area contributed by atoms with Gasteiger partial charge in [-0.15, -0.1) is 10.2 Å². The van der Waals surface area contributed by atoms with Crippen molar-refractivity contribution in [2.75, 3.05) is 0 Å². The third kappa shape index (κ3) is 2.42. The Morgan fingerprint density at radius 3 is 2.88 bits per heavy atom. The van der Waals surface area contributed by atoms with Gasteiger partial charge in [-0.25, -0.2) is 4.79 Å². The van der Waals surface area contributed by atoms with Crippen molar-refractivity contribution >= 4 is 5.91 Å². The van der Waals surface area contributed by atoms with Gasteiger partial charge >= 0.3 is 5.69 Å². The number of carbonyl (C=O) groups excluding carboxylic acids is 1. The average Bonchev–Trinajstić information content (AvgIpc) is 2.78. The first-order chi connectivity index (χ1) is 8.16. The zero-order valence-electron chi connectivity index (χ0n) is 8.35. The van der Waals surface area contributed by atoms with Gasteiger partial charge in [0.1, 0.15) is 5.56 Å². The molecule has 1 amide bonds. The molecule has 0 aromatic carbocycles. The first-order valence-corrected chi connectivity index (χ1v) is 4.49. The van der Waals surface area contributed by atoms with Crippen LogP contribution >= 0.6 is 0 Å². The van der Waals surface area contributed by atoms with Gasteiger partial charge in [-0.2, -0.15) is 5.21 Å². The quantitative estimate of drug-likeness (QED) is 0.463. The number of aromatic amines is 3. The molecule has 2 rings (SSSR count). The molecule has 0 aliphatic rings. The zero-order valence-corrected chi connectivity index (χ0v) is 8.35. The van der Waals surface area contributed by atoms with Crippen molar-refractivity contribution in [1.29, 1.82) is 0 Å². The summed E-state index contributed by atoms with van der Waals surface area (Å²) in [5, 5.41) is 15.1. The molecule has 0 fully saturated rings. The van der Waals surface area contributed by atoms with Crippen LogP contribution in [-0.2, 0) is 6.54 Å². The molecule has 0 unspecified atom stereocenters. The van der Waals surface area contributed by atoms with Crippen molar-refractivity contribution in [3.8, 4) is 0 Å². The maximum Gasteiger partial charge on any atom is 0.325 e. The normalized spacial score (nSPS) is 10.1. The molecule has 2 heterocycles. The van der Waals surface area contributed by atoms with Crippen LogP contribution in [0.15, 0.2) is 15.8 Å². The van der Waals surface area contributed by atoms with E-state index in [1.165, 1.54) is 0 Å². The number of rotatable bonds is 3. The molecule has 0 aliphatic heterocycles. The molecule has 10 heteroatoms. The highest BCUT2D eigenvalue weighted by Crippen LogP contribution is 1.87. The monoisotopic (exact) mass is 237 g/mol. The molecule has 17 heavy (non-hydrogen) atoms. The first kappa shape index (κ1) is 10.7. The summed E-state index contributed by atoms with van der Waals surface area (Å²) in [6, 6.07) is 0. The maximum atomic E-state index is 11.5. The topological polar surface area (TPSA) is 149 Å². The fraction of sp³-hybridized carbons (Fsp3) is 0.143. The molecule has 88 valence electrons. The fourth-order valence-electron chi connectivity index (χ4n) is 1.09. The van der Waals surface area contributed by atoms with Gasteiger partial charge in [0, 0.05) is 6.20 Å². The minimum absolute atomic E-state index is 0.0217. The van der Waals surface area contributed by atoms with Crippen LogP contribution < -0.4 is 16.6 Å². The highest BCUT2D eigenvalue weighted by molar-refractivity contribution is 5.93. The predicted molar refractivity (Wildman–Crippen MR) is 53.0 cm³/mol. The highest BCUT2D eigenvalue weighted by atomic mass is 16.2. The van der Waals surface area contributed by atoms with Gasteiger partial charge in [0.15, 0.2) is 5.82 Å². The maximum absolute atomic E-state index is 11.5. The van der Waals surface area contributed by atoms with Crippen LogP contribution in [0.5, 0.6) is 0 Å². The van der Waals surface area contributed by atoms with Gasteiger partial charge in [-0.3, -0.25) is 14.6 Å². The van der Waals surface area contributed by atoms with E-state index in [9.17, 15) is 14.4 Å². The molecule has 0 spiro atoms. The summed E-state index contributed by atoms with van der Waals surface area (Å²) in [6.07, 6.45) is 1.03. The lowest BCUT2D eigenvalue weighted by molar-refractivity contribution is 0.0948. The molecular formula is C7H7N7O3. The van der Waals surface area contributed by atoms with E-state index < -0.39 is 17.2 Å². The number of H-pyrrole nitrogens is 3. The van der Waals surface area contributed by atoms with E-state index in [4.69, 9.17) is 0 Å². The second-order valence-electron chi connectivity index (χ2n) is 3.00. The Morgan fingerprint density at radius 2 is 2.24 bits per heavy atom. The Morgan fingerprint density at radius 1 is 1.41 bits per heavy atom. The molecule has 0 saturated heterocycles. The summed E-state index contributed by atoms with van der Waals surface area (Å²) in [4.78, 5) is 37.7. The van der Waals surface area contributed by atoms with Crippen molar-refractivity contribution in [3.05, 3.63) is 38.4 Å². The summed E-state index contributed by atoms with van der Waals surface area (Å²) < 4.78 is 0. The van der Waals surface area contributed by atoms with Gasteiger partial charge in [-0.05, 0) is 0 Å². The van der Waals surface area contributed by atoms with E-state index in [2.05, 4.69) is 30.9 Å². The lowest BCUT2D eigenvalue weighted by Crippen LogP contribution is -2.33. The zero-order chi connectivity index (χ0) is 12.3. The Hall–Kier alpha value is -2.78. The van der Waals surface area contributed by atoms with E-state index in [0.29, 0.717) is 0 Å². The average molecular weight is 237 g/mol. The molecule has 0 bridgehead atoms. The fourth-order valence-corrected chi connectivity index (χ4v) is 1.09. The Kier molecular flexibility index (Phi) is 2.77. The van der Waals surface area contributed by atoms with E-state index in [0.717, 1.165) is 6.20 Å². The van der Waals surface area contributed by atoms with Gasteiger partial charge in [0.25, 0.3) is 11.5 Å². The van der Waals surface area contributed by atoms with Crippen LogP contribution in [-0.4, -0.2) is 36.5 Å². The number of amides is 1.